The van der Waals surface area contributed by atoms with Crippen molar-refractivity contribution in [1.29, 1.82) is 0 Å². The van der Waals surface area contributed by atoms with Crippen LogP contribution in [0.25, 0.3) is 16.2 Å². The molecule has 1 aromatic carbocycles. The van der Waals surface area contributed by atoms with Crippen molar-refractivity contribution in [2.75, 3.05) is 0 Å². The average molecular weight is 321 g/mol. The van der Waals surface area contributed by atoms with Crippen LogP contribution in [0.4, 0.5) is 5.69 Å². The first-order chi connectivity index (χ1) is 11.3. The third-order valence-corrected chi connectivity index (χ3v) is 4.40. The molecule has 0 saturated carbocycles. The molecule has 0 atom stereocenters. The monoisotopic (exact) mass is 321 g/mol. The SMILES string of the molecule is O=Nc1ccc(Cc2nnc3ccc(-c4cccs4)nn23)cc1. The van der Waals surface area contributed by atoms with Gasteiger partial charge < -0.3 is 0 Å². The number of hydrogen-bond acceptors (Lipinski definition) is 6. The molecule has 3 heterocycles. The molecule has 0 fully saturated rings. The van der Waals surface area contributed by atoms with Crippen LogP contribution in [0.5, 0.6) is 0 Å². The van der Waals surface area contributed by atoms with Crippen LogP contribution in [0, 0.1) is 4.91 Å². The Kier molecular flexibility index (Phi) is 3.39. The molecule has 0 aliphatic rings. The number of fused-ring (bicyclic) bond motifs is 1. The Morgan fingerprint density at radius 3 is 2.65 bits per heavy atom. The zero-order valence-electron chi connectivity index (χ0n) is 12.0. The Morgan fingerprint density at radius 1 is 1.04 bits per heavy atom. The lowest BCUT2D eigenvalue weighted by atomic mass is 10.1. The number of thiophene rings is 1. The highest BCUT2D eigenvalue weighted by Gasteiger charge is 2.10. The average Bonchev–Trinajstić information content (AvgIpc) is 3.25. The van der Waals surface area contributed by atoms with Crippen LogP contribution >= 0.6 is 11.3 Å². The van der Waals surface area contributed by atoms with E-state index in [0.717, 1.165) is 22.0 Å². The van der Waals surface area contributed by atoms with Gasteiger partial charge in [0.05, 0.1) is 4.88 Å². The summed E-state index contributed by atoms with van der Waals surface area (Å²) >= 11 is 1.64. The number of nitroso groups, excluding NO2 is 1. The molecule has 0 unspecified atom stereocenters. The van der Waals surface area contributed by atoms with Gasteiger partial charge in [0.2, 0.25) is 0 Å². The maximum absolute atomic E-state index is 10.5. The minimum atomic E-state index is 0.415. The number of benzene rings is 1. The Labute approximate surface area is 135 Å². The molecule has 0 amide bonds. The van der Waals surface area contributed by atoms with Crippen molar-refractivity contribution < 1.29 is 0 Å². The molecule has 0 N–H and O–H groups in total. The maximum Gasteiger partial charge on any atom is 0.177 e. The number of aromatic nitrogens is 4. The quantitative estimate of drug-likeness (QED) is 0.535. The topological polar surface area (TPSA) is 72.5 Å². The van der Waals surface area contributed by atoms with E-state index in [9.17, 15) is 4.91 Å². The molecule has 0 radical (unpaired) electrons. The predicted octanol–water partition coefficient (Wildman–Crippen LogP) is 3.84. The standard InChI is InChI=1S/C16H11N5OS/c22-20-12-5-3-11(4-6-12)10-16-18-17-15-8-7-13(19-21(15)16)14-2-1-9-23-14/h1-9H,10H2. The van der Waals surface area contributed by atoms with Gasteiger partial charge in [0, 0.05) is 6.42 Å². The molecule has 0 bridgehead atoms. The smallest absolute Gasteiger partial charge is 0.177 e. The van der Waals surface area contributed by atoms with Crippen LogP contribution in [-0.4, -0.2) is 19.8 Å². The van der Waals surface area contributed by atoms with Crippen molar-refractivity contribution in [3.8, 4) is 10.6 Å². The second-order valence-corrected chi connectivity index (χ2v) is 5.96. The summed E-state index contributed by atoms with van der Waals surface area (Å²) < 4.78 is 1.76. The highest BCUT2D eigenvalue weighted by Crippen LogP contribution is 2.23. The van der Waals surface area contributed by atoms with E-state index in [1.54, 1.807) is 28.0 Å². The highest BCUT2D eigenvalue weighted by atomic mass is 32.1. The summed E-state index contributed by atoms with van der Waals surface area (Å²) in [5, 5.41) is 18.0. The maximum atomic E-state index is 10.5. The molecule has 6 nitrogen and oxygen atoms in total. The normalized spacial score (nSPS) is 11.0. The summed E-state index contributed by atoms with van der Waals surface area (Å²) in [7, 11) is 0. The van der Waals surface area contributed by atoms with Crippen molar-refractivity contribution in [3.05, 3.63) is 70.2 Å². The lowest BCUT2D eigenvalue weighted by Gasteiger charge is -2.02. The molecule has 7 heteroatoms. The predicted molar refractivity (Wildman–Crippen MR) is 88.8 cm³/mol. The number of nitrogens with zero attached hydrogens (tertiary/aromatic N) is 5. The third kappa shape index (κ3) is 2.62. The molecule has 23 heavy (non-hydrogen) atoms. The lowest BCUT2D eigenvalue weighted by Crippen LogP contribution is -2.01. The van der Waals surface area contributed by atoms with Crippen LogP contribution in [0.15, 0.2) is 59.1 Å². The van der Waals surface area contributed by atoms with Gasteiger partial charge >= 0.3 is 0 Å². The summed E-state index contributed by atoms with van der Waals surface area (Å²) in [5.74, 6) is 0.755. The Morgan fingerprint density at radius 2 is 1.91 bits per heavy atom. The van der Waals surface area contributed by atoms with E-state index < -0.39 is 0 Å². The fraction of sp³-hybridized carbons (Fsp3) is 0.0625. The van der Waals surface area contributed by atoms with Crippen LogP contribution in [0.2, 0.25) is 0 Å². The molecule has 4 aromatic rings. The molecule has 0 aliphatic carbocycles. The van der Waals surface area contributed by atoms with Crippen molar-refractivity contribution in [1.82, 2.24) is 19.8 Å². The number of rotatable bonds is 4. The zero-order chi connectivity index (χ0) is 15.6. The van der Waals surface area contributed by atoms with Crippen molar-refractivity contribution in [3.63, 3.8) is 0 Å². The first kappa shape index (κ1) is 13.7. The van der Waals surface area contributed by atoms with E-state index >= 15 is 0 Å². The molecule has 112 valence electrons. The summed E-state index contributed by atoms with van der Waals surface area (Å²) in [6, 6.07) is 15.0. The Hall–Kier alpha value is -2.93. The van der Waals surface area contributed by atoms with Crippen LogP contribution in [-0.2, 0) is 6.42 Å². The first-order valence-corrected chi connectivity index (χ1v) is 7.89. The van der Waals surface area contributed by atoms with Crippen LogP contribution in [0.3, 0.4) is 0 Å². The Bertz CT molecular complexity index is 960. The van der Waals surface area contributed by atoms with Gasteiger partial charge in [0.1, 0.15) is 11.4 Å². The van der Waals surface area contributed by atoms with Gasteiger partial charge in [-0.3, -0.25) is 0 Å². The van der Waals surface area contributed by atoms with Gasteiger partial charge in [-0.1, -0.05) is 18.2 Å². The number of hydrogen-bond donors (Lipinski definition) is 0. The molecule has 3 aromatic heterocycles. The van der Waals surface area contributed by atoms with Crippen LogP contribution < -0.4 is 0 Å². The molecular formula is C16H11N5OS. The Balaban J connectivity index is 1.71. The van der Waals surface area contributed by atoms with Gasteiger partial charge in [0.15, 0.2) is 11.5 Å². The molecular weight excluding hydrogens is 310 g/mol. The first-order valence-electron chi connectivity index (χ1n) is 7.01. The molecule has 0 saturated heterocycles. The second kappa shape index (κ2) is 5.69. The summed E-state index contributed by atoms with van der Waals surface area (Å²) in [5.41, 5.74) is 3.05. The van der Waals surface area contributed by atoms with E-state index in [4.69, 9.17) is 0 Å². The van der Waals surface area contributed by atoms with Gasteiger partial charge in [-0.05, 0) is 46.5 Å². The van der Waals surface area contributed by atoms with E-state index in [1.165, 1.54) is 0 Å². The van der Waals surface area contributed by atoms with E-state index in [-0.39, 0.29) is 0 Å². The summed E-state index contributed by atoms with van der Waals surface area (Å²) in [4.78, 5) is 11.6. The van der Waals surface area contributed by atoms with Gasteiger partial charge in [-0.25, -0.2) is 0 Å². The van der Waals surface area contributed by atoms with Gasteiger partial charge in [-0.15, -0.1) is 26.4 Å². The van der Waals surface area contributed by atoms with E-state index in [2.05, 4.69) is 20.5 Å². The minimum Gasteiger partial charge on any atom is -0.196 e. The van der Waals surface area contributed by atoms with E-state index in [0.29, 0.717) is 17.8 Å². The third-order valence-electron chi connectivity index (χ3n) is 3.51. The van der Waals surface area contributed by atoms with Crippen LogP contribution in [0.1, 0.15) is 11.4 Å². The van der Waals surface area contributed by atoms with E-state index in [1.807, 2.05) is 41.8 Å². The van der Waals surface area contributed by atoms with Crippen molar-refractivity contribution in [2.45, 2.75) is 6.42 Å². The lowest BCUT2D eigenvalue weighted by molar-refractivity contribution is 0.842. The second-order valence-electron chi connectivity index (χ2n) is 5.02. The summed E-state index contributed by atoms with van der Waals surface area (Å²) in [6.45, 7) is 0. The fourth-order valence-corrected chi connectivity index (χ4v) is 3.05. The minimum absolute atomic E-state index is 0.415. The van der Waals surface area contributed by atoms with Crippen molar-refractivity contribution in [2.24, 2.45) is 5.18 Å². The fourth-order valence-electron chi connectivity index (χ4n) is 2.36. The molecule has 0 aliphatic heterocycles. The molecule has 4 rings (SSSR count). The van der Waals surface area contributed by atoms with Crippen molar-refractivity contribution >= 4 is 22.7 Å². The summed E-state index contributed by atoms with van der Waals surface area (Å²) in [6.07, 6.45) is 0.585. The van der Waals surface area contributed by atoms with Gasteiger partial charge in [-0.2, -0.15) is 9.61 Å². The largest absolute Gasteiger partial charge is 0.196 e. The van der Waals surface area contributed by atoms with Gasteiger partial charge in [0.25, 0.3) is 0 Å². The highest BCUT2D eigenvalue weighted by molar-refractivity contribution is 7.13. The molecule has 0 spiro atoms. The zero-order valence-corrected chi connectivity index (χ0v) is 12.8.